The quantitative estimate of drug-likeness (QED) is 0.568. The van der Waals surface area contributed by atoms with Gasteiger partial charge in [0.05, 0.1) is 0 Å². The van der Waals surface area contributed by atoms with Crippen LogP contribution in [0.1, 0.15) is 29.9 Å². The maximum Gasteiger partial charge on any atom is 0.295 e. The number of aliphatic hydroxyl groups is 1. The minimum absolute atomic E-state index is 0.00916. The van der Waals surface area contributed by atoms with Gasteiger partial charge in [0.25, 0.3) is 11.7 Å². The number of piperidine rings is 1. The Morgan fingerprint density at radius 1 is 1.40 bits per heavy atom. The van der Waals surface area contributed by atoms with Crippen LogP contribution < -0.4 is 5.32 Å². The molecule has 1 aliphatic rings. The summed E-state index contributed by atoms with van der Waals surface area (Å²) in [6, 6.07) is 0. The normalized spacial score (nSPS) is 16.1. The molecule has 0 spiro atoms. The molecule has 0 radical (unpaired) electrons. The predicted molar refractivity (Wildman–Crippen MR) is 67.5 cm³/mol. The first-order valence-electron chi connectivity index (χ1n) is 6.63. The minimum Gasteiger partial charge on any atom is -0.396 e. The summed E-state index contributed by atoms with van der Waals surface area (Å²) < 4.78 is 0. The van der Waals surface area contributed by atoms with Crippen molar-refractivity contribution in [2.24, 2.45) is 5.92 Å². The van der Waals surface area contributed by atoms with Gasteiger partial charge >= 0.3 is 0 Å². The molecule has 110 valence electrons. The second-order valence-electron chi connectivity index (χ2n) is 4.67. The summed E-state index contributed by atoms with van der Waals surface area (Å²) in [7, 11) is 0. The van der Waals surface area contributed by atoms with Crippen LogP contribution in [-0.2, 0) is 4.79 Å². The van der Waals surface area contributed by atoms with Gasteiger partial charge in [-0.15, -0.1) is 10.2 Å². The number of amides is 2. The molecule has 2 amide bonds. The molecule has 0 atom stereocenters. The number of nitrogens with one attached hydrogen (secondary N) is 2. The Morgan fingerprint density at radius 2 is 2.15 bits per heavy atom. The van der Waals surface area contributed by atoms with Gasteiger partial charge in [-0.25, -0.2) is 0 Å². The van der Waals surface area contributed by atoms with Crippen molar-refractivity contribution in [2.45, 2.75) is 19.3 Å². The largest absolute Gasteiger partial charge is 0.396 e. The van der Waals surface area contributed by atoms with Crippen molar-refractivity contribution < 1.29 is 14.7 Å². The molecule has 20 heavy (non-hydrogen) atoms. The average Bonchev–Trinajstić information content (AvgIpc) is 3.01. The Morgan fingerprint density at radius 3 is 2.75 bits per heavy atom. The molecule has 0 aromatic carbocycles. The number of hydrogen-bond donors (Lipinski definition) is 3. The molecule has 2 rings (SSSR count). The summed E-state index contributed by atoms with van der Waals surface area (Å²) in [5.41, 5.74) is 0. The number of carbonyl (C=O) groups is 2. The maximum absolute atomic E-state index is 12.0. The van der Waals surface area contributed by atoms with Gasteiger partial charge in [0.15, 0.2) is 0 Å². The van der Waals surface area contributed by atoms with E-state index in [-0.39, 0.29) is 30.2 Å². The predicted octanol–water partition coefficient (Wildman–Crippen LogP) is -1.45. The van der Waals surface area contributed by atoms with Crippen molar-refractivity contribution >= 4 is 11.8 Å². The monoisotopic (exact) mass is 282 g/mol. The van der Waals surface area contributed by atoms with Gasteiger partial charge in [-0.1, -0.05) is 0 Å². The Balaban J connectivity index is 1.77. The van der Waals surface area contributed by atoms with Gasteiger partial charge in [-0.2, -0.15) is 5.21 Å². The van der Waals surface area contributed by atoms with E-state index in [0.29, 0.717) is 38.9 Å². The number of aliphatic hydroxyl groups excluding tert-OH is 1. The van der Waals surface area contributed by atoms with Crippen LogP contribution in [0.2, 0.25) is 0 Å². The van der Waals surface area contributed by atoms with Crippen LogP contribution in [0.25, 0.3) is 0 Å². The first-order chi connectivity index (χ1) is 9.72. The van der Waals surface area contributed by atoms with E-state index in [1.807, 2.05) is 0 Å². The SMILES string of the molecule is O=C(NCCCO)C1CCN(C(=O)c2nn[nH]n2)CC1. The van der Waals surface area contributed by atoms with E-state index >= 15 is 0 Å². The number of H-pyrrole nitrogens is 1. The van der Waals surface area contributed by atoms with Crippen molar-refractivity contribution in [3.8, 4) is 0 Å². The number of likely N-dealkylation sites (tertiary alicyclic amines) is 1. The lowest BCUT2D eigenvalue weighted by Gasteiger charge is -2.30. The van der Waals surface area contributed by atoms with Gasteiger partial charge in [0, 0.05) is 32.2 Å². The van der Waals surface area contributed by atoms with Crippen LogP contribution in [0, 0.1) is 5.92 Å². The smallest absolute Gasteiger partial charge is 0.295 e. The highest BCUT2D eigenvalue weighted by atomic mass is 16.3. The Hall–Kier alpha value is -2.03. The van der Waals surface area contributed by atoms with E-state index in [1.54, 1.807) is 4.90 Å². The lowest BCUT2D eigenvalue weighted by atomic mass is 9.96. The molecule has 0 bridgehead atoms. The molecule has 1 aromatic rings. The molecule has 1 aromatic heterocycles. The highest BCUT2D eigenvalue weighted by Crippen LogP contribution is 2.18. The number of aromatic amines is 1. The molecule has 1 fully saturated rings. The minimum atomic E-state index is -0.266. The molecule has 0 aliphatic carbocycles. The zero-order chi connectivity index (χ0) is 14.4. The fourth-order valence-electron chi connectivity index (χ4n) is 2.17. The summed E-state index contributed by atoms with van der Waals surface area (Å²) in [6.45, 7) is 1.56. The first-order valence-corrected chi connectivity index (χ1v) is 6.63. The first kappa shape index (κ1) is 14.4. The lowest BCUT2D eigenvalue weighted by molar-refractivity contribution is -0.126. The average molecular weight is 282 g/mol. The Labute approximate surface area is 115 Å². The van der Waals surface area contributed by atoms with Crippen molar-refractivity contribution in [3.63, 3.8) is 0 Å². The van der Waals surface area contributed by atoms with Crippen LogP contribution in [0.5, 0.6) is 0 Å². The molecular weight excluding hydrogens is 264 g/mol. The second kappa shape index (κ2) is 6.94. The van der Waals surface area contributed by atoms with E-state index in [9.17, 15) is 9.59 Å². The number of nitrogens with zero attached hydrogens (tertiary/aromatic N) is 4. The fourth-order valence-corrected chi connectivity index (χ4v) is 2.17. The summed E-state index contributed by atoms with van der Waals surface area (Å²) in [4.78, 5) is 25.4. The molecule has 3 N–H and O–H groups in total. The molecule has 0 saturated carbocycles. The van der Waals surface area contributed by atoms with E-state index < -0.39 is 0 Å². The van der Waals surface area contributed by atoms with Crippen molar-refractivity contribution in [1.82, 2.24) is 30.8 Å². The van der Waals surface area contributed by atoms with Gasteiger partial charge < -0.3 is 15.3 Å². The van der Waals surface area contributed by atoms with Gasteiger partial charge in [0.2, 0.25) is 5.91 Å². The highest BCUT2D eigenvalue weighted by Gasteiger charge is 2.28. The lowest BCUT2D eigenvalue weighted by Crippen LogP contribution is -2.43. The standard InChI is InChI=1S/C11H18N6O3/c18-7-1-4-12-10(19)8-2-5-17(6-3-8)11(20)9-13-15-16-14-9/h8,18H,1-7H2,(H,12,19)(H,13,14,15,16). The van der Waals surface area contributed by atoms with E-state index in [2.05, 4.69) is 25.9 Å². The summed E-state index contributed by atoms with van der Waals surface area (Å²) >= 11 is 0. The van der Waals surface area contributed by atoms with Crippen LogP contribution in [-0.4, -0.2) is 68.7 Å². The van der Waals surface area contributed by atoms with Crippen molar-refractivity contribution in [2.75, 3.05) is 26.2 Å². The van der Waals surface area contributed by atoms with Crippen LogP contribution in [0.15, 0.2) is 0 Å². The van der Waals surface area contributed by atoms with Crippen LogP contribution >= 0.6 is 0 Å². The van der Waals surface area contributed by atoms with Crippen molar-refractivity contribution in [1.29, 1.82) is 0 Å². The number of tetrazole rings is 1. The number of aromatic nitrogens is 4. The number of hydrogen-bond acceptors (Lipinski definition) is 6. The van der Waals surface area contributed by atoms with E-state index in [0.717, 1.165) is 0 Å². The molecule has 2 heterocycles. The fraction of sp³-hybridized carbons (Fsp3) is 0.727. The maximum atomic E-state index is 12.0. The Kier molecular flexibility index (Phi) is 4.99. The summed E-state index contributed by atoms with van der Waals surface area (Å²) in [5, 5.41) is 24.3. The zero-order valence-corrected chi connectivity index (χ0v) is 11.1. The van der Waals surface area contributed by atoms with E-state index in [1.165, 1.54) is 0 Å². The molecule has 0 unspecified atom stereocenters. The van der Waals surface area contributed by atoms with Crippen LogP contribution in [0.4, 0.5) is 0 Å². The summed E-state index contributed by atoms with van der Waals surface area (Å²) in [6.07, 6.45) is 1.80. The Bertz CT molecular complexity index is 441. The third-order valence-electron chi connectivity index (χ3n) is 3.32. The zero-order valence-electron chi connectivity index (χ0n) is 11.1. The number of carbonyl (C=O) groups excluding carboxylic acids is 2. The van der Waals surface area contributed by atoms with Gasteiger partial charge in [-0.3, -0.25) is 9.59 Å². The van der Waals surface area contributed by atoms with Crippen LogP contribution in [0.3, 0.4) is 0 Å². The van der Waals surface area contributed by atoms with Gasteiger partial charge in [0.1, 0.15) is 0 Å². The highest BCUT2D eigenvalue weighted by molar-refractivity contribution is 5.90. The van der Waals surface area contributed by atoms with E-state index in [4.69, 9.17) is 5.11 Å². The topological polar surface area (TPSA) is 124 Å². The second-order valence-corrected chi connectivity index (χ2v) is 4.67. The molecular formula is C11H18N6O3. The third kappa shape index (κ3) is 3.50. The number of rotatable bonds is 5. The summed E-state index contributed by atoms with van der Waals surface area (Å²) in [5.74, 6) is -0.304. The third-order valence-corrected chi connectivity index (χ3v) is 3.32. The molecule has 1 aliphatic heterocycles. The van der Waals surface area contributed by atoms with Crippen molar-refractivity contribution in [3.05, 3.63) is 5.82 Å². The van der Waals surface area contributed by atoms with Gasteiger partial charge in [-0.05, 0) is 24.5 Å². The molecule has 1 saturated heterocycles. The molecule has 9 heteroatoms. The molecule has 9 nitrogen and oxygen atoms in total.